The van der Waals surface area contributed by atoms with Crippen LogP contribution in [-0.4, -0.2) is 31.2 Å². The van der Waals surface area contributed by atoms with Gasteiger partial charge in [-0.05, 0) is 37.0 Å². The summed E-state index contributed by atoms with van der Waals surface area (Å²) in [7, 11) is 0. The molecular weight excluding hydrogens is 330 g/mol. The zero-order valence-corrected chi connectivity index (χ0v) is 15.1. The number of rotatable bonds is 9. The van der Waals surface area contributed by atoms with E-state index in [-0.39, 0.29) is 13.2 Å². The molecule has 0 aliphatic heterocycles. The molecule has 24 heavy (non-hydrogen) atoms. The first-order chi connectivity index (χ1) is 11.4. The van der Waals surface area contributed by atoms with Gasteiger partial charge in [-0.15, -0.1) is 6.58 Å². The largest absolute Gasteiger partial charge is 0.454 e. The Kier molecular flexibility index (Phi) is 8.50. The first-order valence-corrected chi connectivity index (χ1v) is 8.31. The van der Waals surface area contributed by atoms with Gasteiger partial charge in [0.1, 0.15) is 0 Å². The Balaban J connectivity index is 2.70. The second-order valence-electron chi connectivity index (χ2n) is 5.19. The Morgan fingerprint density at radius 3 is 2.62 bits per heavy atom. The average Bonchev–Trinajstić information content (AvgIpc) is 2.58. The number of hydrogen-bond acceptors (Lipinski definition) is 4. The van der Waals surface area contributed by atoms with Gasteiger partial charge in [0, 0.05) is 10.7 Å². The van der Waals surface area contributed by atoms with Crippen LogP contribution in [0.1, 0.15) is 31.9 Å². The summed E-state index contributed by atoms with van der Waals surface area (Å²) in [6, 6.07) is 3.71. The van der Waals surface area contributed by atoms with Gasteiger partial charge in [-0.1, -0.05) is 37.6 Å². The third-order valence-corrected chi connectivity index (χ3v) is 3.84. The maximum Gasteiger partial charge on any atom is 0.335 e. The molecule has 1 amide bonds. The van der Waals surface area contributed by atoms with Crippen molar-refractivity contribution < 1.29 is 19.1 Å². The lowest BCUT2D eigenvalue weighted by atomic mass is 10.0. The summed E-state index contributed by atoms with van der Waals surface area (Å²) < 4.78 is 10.1. The molecule has 1 atom stereocenters. The van der Waals surface area contributed by atoms with Gasteiger partial charge in [0.2, 0.25) is 0 Å². The van der Waals surface area contributed by atoms with Crippen LogP contribution in [0.2, 0.25) is 5.02 Å². The molecule has 132 valence electrons. The number of halogens is 1. The molecule has 0 aliphatic carbocycles. The van der Waals surface area contributed by atoms with E-state index in [0.29, 0.717) is 17.1 Å². The van der Waals surface area contributed by atoms with Crippen LogP contribution < -0.4 is 5.32 Å². The summed E-state index contributed by atoms with van der Waals surface area (Å²) in [6.45, 7) is 8.89. The molecule has 0 aromatic heterocycles. The lowest BCUT2D eigenvalue weighted by Crippen LogP contribution is -2.28. The molecule has 1 N–H and O–H groups in total. The van der Waals surface area contributed by atoms with E-state index < -0.39 is 18.0 Å². The van der Waals surface area contributed by atoms with E-state index in [2.05, 4.69) is 11.9 Å². The number of nitrogens with one attached hydrogen (secondary N) is 1. The van der Waals surface area contributed by atoms with Crippen LogP contribution in [0.3, 0.4) is 0 Å². The third kappa shape index (κ3) is 5.65. The molecule has 0 saturated heterocycles. The van der Waals surface area contributed by atoms with Crippen molar-refractivity contribution in [3.63, 3.8) is 0 Å². The number of carbonyl (C=O) groups is 2. The van der Waals surface area contributed by atoms with Crippen molar-refractivity contribution in [2.75, 3.05) is 18.5 Å². The van der Waals surface area contributed by atoms with Gasteiger partial charge >= 0.3 is 5.97 Å². The monoisotopic (exact) mass is 353 g/mol. The van der Waals surface area contributed by atoms with E-state index in [1.54, 1.807) is 6.92 Å². The molecule has 5 nitrogen and oxygen atoms in total. The molecular formula is C18H24ClNO4. The van der Waals surface area contributed by atoms with E-state index in [1.165, 1.54) is 6.08 Å². The molecule has 6 heteroatoms. The molecule has 1 unspecified atom stereocenters. The maximum absolute atomic E-state index is 12.1. The standard InChI is InChI=1S/C18H24ClNO4/c1-5-10-23-12(4)18(22)24-11-16(21)20-17-13(6-2)8-9-15(19)14(17)7-3/h5,8-9,12H,1,6-7,10-11H2,2-4H3,(H,20,21). The Morgan fingerprint density at radius 1 is 1.33 bits per heavy atom. The van der Waals surface area contributed by atoms with E-state index >= 15 is 0 Å². The first kappa shape index (κ1) is 20.2. The fourth-order valence-corrected chi connectivity index (χ4v) is 2.47. The Hall–Kier alpha value is -1.85. The summed E-state index contributed by atoms with van der Waals surface area (Å²) in [5.41, 5.74) is 2.56. The lowest BCUT2D eigenvalue weighted by Gasteiger charge is -2.16. The van der Waals surface area contributed by atoms with Crippen LogP contribution in [0.25, 0.3) is 0 Å². The van der Waals surface area contributed by atoms with Crippen LogP contribution in [0.4, 0.5) is 5.69 Å². The highest BCUT2D eigenvalue weighted by atomic mass is 35.5. The molecule has 0 fully saturated rings. The minimum atomic E-state index is -0.751. The second-order valence-corrected chi connectivity index (χ2v) is 5.59. The van der Waals surface area contributed by atoms with Crippen LogP contribution in [-0.2, 0) is 31.9 Å². The van der Waals surface area contributed by atoms with Crippen molar-refractivity contribution in [2.24, 2.45) is 0 Å². The second kappa shape index (κ2) is 10.1. The lowest BCUT2D eigenvalue weighted by molar-refractivity contribution is -0.157. The first-order valence-electron chi connectivity index (χ1n) is 7.93. The number of esters is 1. The number of anilines is 1. The summed E-state index contributed by atoms with van der Waals surface area (Å²) in [4.78, 5) is 23.8. The average molecular weight is 354 g/mol. The third-order valence-electron chi connectivity index (χ3n) is 3.48. The van der Waals surface area contributed by atoms with E-state index in [0.717, 1.165) is 17.5 Å². The number of hydrogen-bond donors (Lipinski definition) is 1. The van der Waals surface area contributed by atoms with Crippen molar-refractivity contribution in [1.82, 2.24) is 0 Å². The zero-order chi connectivity index (χ0) is 18.1. The van der Waals surface area contributed by atoms with Gasteiger partial charge in [0.15, 0.2) is 12.7 Å². The Labute approximate surface area is 148 Å². The number of amides is 1. The van der Waals surface area contributed by atoms with Crippen molar-refractivity contribution in [3.05, 3.63) is 40.9 Å². The molecule has 1 aromatic carbocycles. The topological polar surface area (TPSA) is 64.6 Å². The quantitative estimate of drug-likeness (QED) is 0.544. The van der Waals surface area contributed by atoms with Crippen LogP contribution in [0.15, 0.2) is 24.8 Å². The molecule has 0 heterocycles. The smallest absolute Gasteiger partial charge is 0.335 e. The molecule has 0 saturated carbocycles. The predicted octanol–water partition coefficient (Wildman–Crippen LogP) is 3.54. The highest BCUT2D eigenvalue weighted by molar-refractivity contribution is 6.32. The zero-order valence-electron chi connectivity index (χ0n) is 14.4. The van der Waals surface area contributed by atoms with Gasteiger partial charge in [-0.2, -0.15) is 0 Å². The molecule has 0 bridgehead atoms. The number of carbonyl (C=O) groups excluding carboxylic acids is 2. The minimum absolute atomic E-state index is 0.241. The van der Waals surface area contributed by atoms with Crippen molar-refractivity contribution >= 4 is 29.2 Å². The summed E-state index contributed by atoms with van der Waals surface area (Å²) in [6.07, 6.45) is 2.23. The van der Waals surface area contributed by atoms with Gasteiger partial charge in [-0.25, -0.2) is 4.79 Å². The highest BCUT2D eigenvalue weighted by Gasteiger charge is 2.18. The SMILES string of the molecule is C=CCOC(C)C(=O)OCC(=O)Nc1c(CC)ccc(Cl)c1CC. The van der Waals surface area contributed by atoms with E-state index in [4.69, 9.17) is 21.1 Å². The summed E-state index contributed by atoms with van der Waals surface area (Å²) in [5, 5.41) is 3.41. The van der Waals surface area contributed by atoms with Crippen molar-refractivity contribution in [3.8, 4) is 0 Å². The fraction of sp³-hybridized carbons (Fsp3) is 0.444. The van der Waals surface area contributed by atoms with Crippen LogP contribution in [0.5, 0.6) is 0 Å². The van der Waals surface area contributed by atoms with E-state index in [9.17, 15) is 9.59 Å². The molecule has 0 radical (unpaired) electrons. The minimum Gasteiger partial charge on any atom is -0.454 e. The van der Waals surface area contributed by atoms with Gasteiger partial charge < -0.3 is 14.8 Å². The van der Waals surface area contributed by atoms with Crippen LogP contribution >= 0.6 is 11.6 Å². The van der Waals surface area contributed by atoms with Crippen LogP contribution in [0, 0.1) is 0 Å². The maximum atomic E-state index is 12.1. The summed E-state index contributed by atoms with van der Waals surface area (Å²) >= 11 is 6.20. The highest BCUT2D eigenvalue weighted by Crippen LogP contribution is 2.29. The number of aryl methyl sites for hydroxylation is 1. The van der Waals surface area contributed by atoms with E-state index in [1.807, 2.05) is 26.0 Å². The van der Waals surface area contributed by atoms with Gasteiger partial charge in [-0.3, -0.25) is 4.79 Å². The molecule has 0 spiro atoms. The van der Waals surface area contributed by atoms with Crippen molar-refractivity contribution in [1.29, 1.82) is 0 Å². The fourth-order valence-electron chi connectivity index (χ4n) is 2.18. The van der Waals surface area contributed by atoms with Crippen molar-refractivity contribution in [2.45, 2.75) is 39.7 Å². The molecule has 0 aliphatic rings. The molecule has 1 aromatic rings. The normalized spacial score (nSPS) is 11.7. The number of benzene rings is 1. The van der Waals surface area contributed by atoms with Gasteiger partial charge in [0.05, 0.1) is 6.61 Å². The van der Waals surface area contributed by atoms with Gasteiger partial charge in [0.25, 0.3) is 5.91 Å². The molecule has 1 rings (SSSR count). The number of ether oxygens (including phenoxy) is 2. The Bertz CT molecular complexity index is 601. The predicted molar refractivity (Wildman–Crippen MR) is 95.4 cm³/mol. The summed E-state index contributed by atoms with van der Waals surface area (Å²) in [5.74, 6) is -1.00. The Morgan fingerprint density at radius 2 is 2.04 bits per heavy atom.